The molecule has 0 saturated heterocycles. The van der Waals surface area contributed by atoms with Crippen LogP contribution in [0, 0.1) is 0 Å². The summed E-state index contributed by atoms with van der Waals surface area (Å²) in [5.41, 5.74) is 6.65. The van der Waals surface area contributed by atoms with E-state index in [2.05, 4.69) is 42.2 Å². The number of hydrogen-bond acceptors (Lipinski definition) is 2. The van der Waals surface area contributed by atoms with E-state index in [1.165, 1.54) is 40.8 Å². The van der Waals surface area contributed by atoms with Crippen LogP contribution in [0.5, 0.6) is 5.88 Å². The molecule has 0 aliphatic heterocycles. The molecule has 1 aliphatic carbocycles. The second-order valence-electron chi connectivity index (χ2n) is 5.08. The Labute approximate surface area is 114 Å². The molecule has 0 atom stereocenters. The van der Waals surface area contributed by atoms with Gasteiger partial charge in [0, 0.05) is 18.1 Å². The molecule has 0 amide bonds. The van der Waals surface area contributed by atoms with Crippen molar-refractivity contribution < 1.29 is 4.74 Å². The van der Waals surface area contributed by atoms with Crippen LogP contribution in [0.15, 0.2) is 30.3 Å². The van der Waals surface area contributed by atoms with Gasteiger partial charge in [0.25, 0.3) is 0 Å². The standard InChI is InChI=1S/C17H19NO/c1-3-4-7-13-11-16(19-2)18-15-10-12-8-5-6-9-14(12)17(13)15/h5-6,8-9,11H,3-4,7,10H2,1-2H3. The molecule has 0 unspecified atom stereocenters. The lowest BCUT2D eigenvalue weighted by Crippen LogP contribution is -1.98. The quantitative estimate of drug-likeness (QED) is 0.701. The lowest BCUT2D eigenvalue weighted by atomic mass is 9.98. The first kappa shape index (κ1) is 12.2. The Balaban J connectivity index is 2.12. The van der Waals surface area contributed by atoms with Crippen molar-refractivity contribution in [2.45, 2.75) is 32.6 Å². The zero-order chi connectivity index (χ0) is 13.2. The van der Waals surface area contributed by atoms with E-state index in [4.69, 9.17) is 4.74 Å². The van der Waals surface area contributed by atoms with E-state index in [0.29, 0.717) is 0 Å². The Hall–Kier alpha value is -1.83. The van der Waals surface area contributed by atoms with E-state index < -0.39 is 0 Å². The first-order chi connectivity index (χ1) is 9.33. The summed E-state index contributed by atoms with van der Waals surface area (Å²) < 4.78 is 5.35. The second kappa shape index (κ2) is 5.04. The SMILES string of the molecule is CCCCc1cc(OC)nc2c1-c1ccccc1C2. The normalized spacial score (nSPS) is 12.1. The molecule has 2 aromatic rings. The molecule has 1 aromatic heterocycles. The van der Waals surface area contributed by atoms with E-state index in [9.17, 15) is 0 Å². The van der Waals surface area contributed by atoms with E-state index >= 15 is 0 Å². The number of nitrogens with zero attached hydrogens (tertiary/aromatic N) is 1. The third-order valence-corrected chi connectivity index (χ3v) is 3.81. The highest BCUT2D eigenvalue weighted by atomic mass is 16.5. The first-order valence-electron chi connectivity index (χ1n) is 6.98. The molecule has 19 heavy (non-hydrogen) atoms. The zero-order valence-electron chi connectivity index (χ0n) is 11.6. The number of aryl methyl sites for hydroxylation is 1. The van der Waals surface area contributed by atoms with Crippen molar-refractivity contribution in [3.63, 3.8) is 0 Å². The highest BCUT2D eigenvalue weighted by molar-refractivity contribution is 5.78. The Morgan fingerprint density at radius 2 is 2.11 bits per heavy atom. The summed E-state index contributed by atoms with van der Waals surface area (Å²) in [7, 11) is 1.69. The predicted molar refractivity (Wildman–Crippen MR) is 77.6 cm³/mol. The van der Waals surface area contributed by atoms with E-state index in [1.807, 2.05) is 0 Å². The lowest BCUT2D eigenvalue weighted by Gasteiger charge is -2.11. The monoisotopic (exact) mass is 253 g/mol. The van der Waals surface area contributed by atoms with Gasteiger partial charge in [-0.1, -0.05) is 37.6 Å². The minimum absolute atomic E-state index is 0.748. The Bertz CT molecular complexity index is 604. The van der Waals surface area contributed by atoms with Gasteiger partial charge in [0.1, 0.15) is 0 Å². The fourth-order valence-corrected chi connectivity index (χ4v) is 2.85. The average molecular weight is 253 g/mol. The number of ether oxygens (including phenoxy) is 1. The number of rotatable bonds is 4. The second-order valence-corrected chi connectivity index (χ2v) is 5.08. The molecule has 2 heteroatoms. The molecular weight excluding hydrogens is 234 g/mol. The molecule has 2 nitrogen and oxygen atoms in total. The van der Waals surface area contributed by atoms with Crippen molar-refractivity contribution in [2.75, 3.05) is 7.11 Å². The van der Waals surface area contributed by atoms with Gasteiger partial charge in [0.05, 0.1) is 12.8 Å². The van der Waals surface area contributed by atoms with Crippen LogP contribution in [0.3, 0.4) is 0 Å². The van der Waals surface area contributed by atoms with Gasteiger partial charge in [-0.25, -0.2) is 4.98 Å². The maximum Gasteiger partial charge on any atom is 0.213 e. The number of hydrogen-bond donors (Lipinski definition) is 0. The zero-order valence-corrected chi connectivity index (χ0v) is 11.6. The molecule has 3 rings (SSSR count). The van der Waals surface area contributed by atoms with Gasteiger partial charge in [-0.05, 0) is 29.5 Å². The number of methoxy groups -OCH3 is 1. The van der Waals surface area contributed by atoms with Crippen LogP contribution in [0.1, 0.15) is 36.6 Å². The molecule has 1 aromatic carbocycles. The highest BCUT2D eigenvalue weighted by Crippen LogP contribution is 2.39. The van der Waals surface area contributed by atoms with Crippen LogP contribution in [-0.2, 0) is 12.8 Å². The van der Waals surface area contributed by atoms with Crippen LogP contribution >= 0.6 is 0 Å². The third kappa shape index (κ3) is 2.12. The van der Waals surface area contributed by atoms with Crippen LogP contribution in [0.2, 0.25) is 0 Å². The molecule has 0 N–H and O–H groups in total. The fraction of sp³-hybridized carbons (Fsp3) is 0.353. The summed E-state index contributed by atoms with van der Waals surface area (Å²) in [4.78, 5) is 4.63. The molecule has 0 bridgehead atoms. The van der Waals surface area contributed by atoms with E-state index in [1.54, 1.807) is 7.11 Å². The highest BCUT2D eigenvalue weighted by Gasteiger charge is 2.23. The summed E-state index contributed by atoms with van der Waals surface area (Å²) in [6.45, 7) is 2.23. The largest absolute Gasteiger partial charge is 0.481 e. The third-order valence-electron chi connectivity index (χ3n) is 3.81. The van der Waals surface area contributed by atoms with Crippen LogP contribution in [-0.4, -0.2) is 12.1 Å². The van der Waals surface area contributed by atoms with Crippen molar-refractivity contribution in [1.29, 1.82) is 0 Å². The molecule has 98 valence electrons. The summed E-state index contributed by atoms with van der Waals surface area (Å²) in [5.74, 6) is 0.748. The molecule has 0 fully saturated rings. The van der Waals surface area contributed by atoms with E-state index in [-0.39, 0.29) is 0 Å². The van der Waals surface area contributed by atoms with Crippen molar-refractivity contribution in [3.8, 4) is 17.0 Å². The predicted octanol–water partition coefficient (Wildman–Crippen LogP) is 4.00. The van der Waals surface area contributed by atoms with Crippen molar-refractivity contribution in [1.82, 2.24) is 4.98 Å². The van der Waals surface area contributed by atoms with Gasteiger partial charge in [-0.15, -0.1) is 0 Å². The van der Waals surface area contributed by atoms with Crippen molar-refractivity contribution in [2.24, 2.45) is 0 Å². The van der Waals surface area contributed by atoms with Crippen molar-refractivity contribution in [3.05, 3.63) is 47.2 Å². The molecular formula is C17H19NO. The number of unbranched alkanes of at least 4 members (excludes halogenated alkanes) is 1. The van der Waals surface area contributed by atoms with Crippen molar-refractivity contribution >= 4 is 0 Å². The average Bonchev–Trinajstić information content (AvgIpc) is 2.82. The summed E-state index contributed by atoms with van der Waals surface area (Å²) in [6, 6.07) is 10.7. The number of benzene rings is 1. The summed E-state index contributed by atoms with van der Waals surface area (Å²) in [5, 5.41) is 0. The summed E-state index contributed by atoms with van der Waals surface area (Å²) >= 11 is 0. The number of fused-ring (bicyclic) bond motifs is 3. The molecule has 0 saturated carbocycles. The maximum absolute atomic E-state index is 5.35. The molecule has 1 heterocycles. The smallest absolute Gasteiger partial charge is 0.213 e. The Morgan fingerprint density at radius 3 is 2.89 bits per heavy atom. The van der Waals surface area contributed by atoms with Gasteiger partial charge in [0.15, 0.2) is 0 Å². The first-order valence-corrected chi connectivity index (χ1v) is 6.98. The topological polar surface area (TPSA) is 22.1 Å². The minimum atomic E-state index is 0.748. The lowest BCUT2D eigenvalue weighted by molar-refractivity contribution is 0.396. The van der Waals surface area contributed by atoms with Crippen LogP contribution in [0.25, 0.3) is 11.1 Å². The molecule has 0 radical (unpaired) electrons. The fourth-order valence-electron chi connectivity index (χ4n) is 2.85. The van der Waals surface area contributed by atoms with Gasteiger partial charge >= 0.3 is 0 Å². The molecule has 0 spiro atoms. The van der Waals surface area contributed by atoms with Crippen LogP contribution in [0.4, 0.5) is 0 Å². The minimum Gasteiger partial charge on any atom is -0.481 e. The molecule has 1 aliphatic rings. The Morgan fingerprint density at radius 1 is 1.26 bits per heavy atom. The van der Waals surface area contributed by atoms with Gasteiger partial charge in [-0.3, -0.25) is 0 Å². The van der Waals surface area contributed by atoms with Gasteiger partial charge in [0.2, 0.25) is 5.88 Å². The van der Waals surface area contributed by atoms with Crippen LogP contribution < -0.4 is 4.74 Å². The van der Waals surface area contributed by atoms with E-state index in [0.717, 1.165) is 18.7 Å². The summed E-state index contributed by atoms with van der Waals surface area (Å²) in [6.07, 6.45) is 4.46. The van der Waals surface area contributed by atoms with Gasteiger partial charge in [-0.2, -0.15) is 0 Å². The maximum atomic E-state index is 5.35. The van der Waals surface area contributed by atoms with Gasteiger partial charge < -0.3 is 4.74 Å². The Kier molecular flexibility index (Phi) is 3.24. The number of aromatic nitrogens is 1. The number of pyridine rings is 1.